The maximum Gasteiger partial charge on any atom is 0.320 e. The van der Waals surface area contributed by atoms with Crippen molar-refractivity contribution in [3.05, 3.63) is 0 Å². The van der Waals surface area contributed by atoms with Crippen LogP contribution in [0, 0.1) is 0 Å². The Bertz CT molecular complexity index is 99.6. The van der Waals surface area contributed by atoms with Crippen LogP contribution in [0.4, 0.5) is 0 Å². The quantitative estimate of drug-likeness (QED) is 0.512. The number of hydrogen-bond acceptors (Lipinski definition) is 3. The molecule has 1 atom stereocenters. The molecule has 4 nitrogen and oxygen atoms in total. The van der Waals surface area contributed by atoms with E-state index in [1.165, 1.54) is 0 Å². The van der Waals surface area contributed by atoms with Crippen molar-refractivity contribution in [2.45, 2.75) is 18.9 Å². The van der Waals surface area contributed by atoms with Crippen LogP contribution < -0.4 is 11.5 Å². The van der Waals surface area contributed by atoms with Gasteiger partial charge < -0.3 is 16.6 Å². The van der Waals surface area contributed by atoms with E-state index in [9.17, 15) is 4.79 Å². The molecule has 0 spiro atoms. The summed E-state index contributed by atoms with van der Waals surface area (Å²) in [6, 6.07) is -0.742. The van der Waals surface area contributed by atoms with E-state index in [0.29, 0.717) is 19.4 Å². The van der Waals surface area contributed by atoms with E-state index in [4.69, 9.17) is 16.6 Å². The monoisotopic (exact) mass is 196 g/mol. The molecule has 0 saturated heterocycles. The Morgan fingerprint density at radius 2 is 2.10 bits per heavy atom. The number of rotatable bonds is 4. The Hall–Kier alpha value is 0.0134. The van der Waals surface area contributed by atoms with Gasteiger partial charge in [0.2, 0.25) is 0 Å². The second kappa shape index (κ2) is 7.12. The molecular formula is C5H12N2O2Zn. The third-order valence-corrected chi connectivity index (χ3v) is 1.04. The summed E-state index contributed by atoms with van der Waals surface area (Å²) in [4.78, 5) is 10.0. The van der Waals surface area contributed by atoms with Gasteiger partial charge in [-0.25, -0.2) is 0 Å². The first-order chi connectivity index (χ1) is 4.18. The zero-order chi connectivity index (χ0) is 7.28. The standard InChI is InChI=1S/C5H12N2O2.Zn/c6-3-1-2-4(7)5(8)9;/h4H,1-3,6-7H2,(H,8,9);. The van der Waals surface area contributed by atoms with Gasteiger partial charge in [0.15, 0.2) is 0 Å². The number of aliphatic carboxylic acids is 1. The van der Waals surface area contributed by atoms with Gasteiger partial charge in [0.1, 0.15) is 6.04 Å². The third kappa shape index (κ3) is 6.14. The molecule has 5 N–H and O–H groups in total. The van der Waals surface area contributed by atoms with Crippen molar-refractivity contribution >= 4 is 5.97 Å². The Labute approximate surface area is 72.7 Å². The second-order valence-electron chi connectivity index (χ2n) is 1.88. The zero-order valence-electron chi connectivity index (χ0n) is 5.92. The van der Waals surface area contributed by atoms with Gasteiger partial charge in [-0.2, -0.15) is 0 Å². The van der Waals surface area contributed by atoms with E-state index in [-0.39, 0.29) is 19.5 Å². The molecule has 0 rings (SSSR count). The van der Waals surface area contributed by atoms with E-state index in [0.717, 1.165) is 0 Å². The Balaban J connectivity index is 0. The van der Waals surface area contributed by atoms with E-state index in [1.54, 1.807) is 0 Å². The third-order valence-electron chi connectivity index (χ3n) is 1.04. The average molecular weight is 198 g/mol. The van der Waals surface area contributed by atoms with Gasteiger partial charge in [-0.1, -0.05) is 0 Å². The van der Waals surface area contributed by atoms with Crippen molar-refractivity contribution in [1.29, 1.82) is 0 Å². The normalized spacial score (nSPS) is 11.8. The van der Waals surface area contributed by atoms with Crippen LogP contribution in [0.3, 0.4) is 0 Å². The minimum Gasteiger partial charge on any atom is -0.480 e. The largest absolute Gasteiger partial charge is 0.480 e. The number of carboxylic acids is 1. The van der Waals surface area contributed by atoms with E-state index >= 15 is 0 Å². The minimum atomic E-state index is -0.955. The molecule has 0 bridgehead atoms. The Morgan fingerprint density at radius 1 is 1.60 bits per heavy atom. The molecule has 0 radical (unpaired) electrons. The van der Waals surface area contributed by atoms with Crippen LogP contribution in [0.2, 0.25) is 0 Å². The van der Waals surface area contributed by atoms with Crippen LogP contribution >= 0.6 is 0 Å². The van der Waals surface area contributed by atoms with Gasteiger partial charge in [-0.3, -0.25) is 4.79 Å². The van der Waals surface area contributed by atoms with Gasteiger partial charge in [0.05, 0.1) is 0 Å². The second-order valence-corrected chi connectivity index (χ2v) is 1.88. The number of carbonyl (C=O) groups is 1. The average Bonchev–Trinajstić information content (AvgIpc) is 1.82. The molecule has 0 aromatic heterocycles. The summed E-state index contributed by atoms with van der Waals surface area (Å²) >= 11 is 0. The molecule has 0 aromatic carbocycles. The zero-order valence-corrected chi connectivity index (χ0v) is 8.88. The van der Waals surface area contributed by atoms with Crippen molar-refractivity contribution in [1.82, 2.24) is 0 Å². The Kier molecular flexibility index (Phi) is 9.03. The van der Waals surface area contributed by atoms with Crippen molar-refractivity contribution in [3.63, 3.8) is 0 Å². The first kappa shape index (κ1) is 12.7. The fraction of sp³-hybridized carbons (Fsp3) is 0.800. The van der Waals surface area contributed by atoms with Gasteiger partial charge in [-0.05, 0) is 19.4 Å². The maximum atomic E-state index is 10.0. The summed E-state index contributed by atoms with van der Waals surface area (Å²) in [5.74, 6) is -0.955. The molecule has 1 unspecified atom stereocenters. The maximum absolute atomic E-state index is 10.0. The molecule has 0 amide bonds. The molecule has 0 aliphatic rings. The molecule has 0 saturated carbocycles. The summed E-state index contributed by atoms with van der Waals surface area (Å²) in [6.07, 6.45) is 1.14. The predicted octanol–water partition coefficient (Wildman–Crippen LogP) is -0.865. The van der Waals surface area contributed by atoms with Crippen molar-refractivity contribution < 1.29 is 29.4 Å². The van der Waals surface area contributed by atoms with Gasteiger partial charge >= 0.3 is 5.97 Å². The number of hydrogen-bond donors (Lipinski definition) is 3. The van der Waals surface area contributed by atoms with Crippen LogP contribution in [-0.4, -0.2) is 23.7 Å². The summed E-state index contributed by atoms with van der Waals surface area (Å²) in [5, 5.41) is 8.24. The van der Waals surface area contributed by atoms with E-state index in [2.05, 4.69) is 0 Å². The molecule has 0 aliphatic heterocycles. The van der Waals surface area contributed by atoms with Crippen LogP contribution in [-0.2, 0) is 24.3 Å². The SMILES string of the molecule is NCCCC(N)C(=O)O.[Zn]. The molecule has 0 aliphatic carbocycles. The van der Waals surface area contributed by atoms with Crippen LogP contribution in [0.15, 0.2) is 0 Å². The summed E-state index contributed by atoms with van der Waals surface area (Å²) < 4.78 is 0. The fourth-order valence-electron chi connectivity index (χ4n) is 0.461. The van der Waals surface area contributed by atoms with Crippen LogP contribution in [0.25, 0.3) is 0 Å². The molecule has 0 aromatic rings. The van der Waals surface area contributed by atoms with E-state index < -0.39 is 12.0 Å². The molecule has 56 valence electrons. The summed E-state index contributed by atoms with van der Waals surface area (Å²) in [5.41, 5.74) is 10.3. The number of carboxylic acid groups (broad SMARTS) is 1. The van der Waals surface area contributed by atoms with Crippen molar-refractivity contribution in [2.24, 2.45) is 11.5 Å². The molecule has 0 fully saturated rings. The van der Waals surface area contributed by atoms with Crippen LogP contribution in [0.1, 0.15) is 12.8 Å². The van der Waals surface area contributed by atoms with Gasteiger partial charge in [0.25, 0.3) is 0 Å². The van der Waals surface area contributed by atoms with Gasteiger partial charge in [-0.15, -0.1) is 0 Å². The van der Waals surface area contributed by atoms with Crippen molar-refractivity contribution in [2.75, 3.05) is 6.54 Å². The predicted molar refractivity (Wildman–Crippen MR) is 33.9 cm³/mol. The first-order valence-corrected chi connectivity index (χ1v) is 2.87. The first-order valence-electron chi connectivity index (χ1n) is 2.87. The fourth-order valence-corrected chi connectivity index (χ4v) is 0.461. The molecule has 10 heavy (non-hydrogen) atoms. The van der Waals surface area contributed by atoms with Gasteiger partial charge in [0, 0.05) is 19.5 Å². The topological polar surface area (TPSA) is 89.3 Å². The Morgan fingerprint density at radius 3 is 2.40 bits per heavy atom. The smallest absolute Gasteiger partial charge is 0.320 e. The van der Waals surface area contributed by atoms with E-state index in [1.807, 2.05) is 0 Å². The summed E-state index contributed by atoms with van der Waals surface area (Å²) in [6.45, 7) is 0.501. The molecule has 5 heteroatoms. The van der Waals surface area contributed by atoms with Crippen LogP contribution in [0.5, 0.6) is 0 Å². The number of nitrogens with two attached hydrogens (primary N) is 2. The summed E-state index contributed by atoms with van der Waals surface area (Å²) in [7, 11) is 0. The molecule has 0 heterocycles. The minimum absolute atomic E-state index is 0. The molecular weight excluding hydrogens is 185 g/mol. The van der Waals surface area contributed by atoms with Crippen molar-refractivity contribution in [3.8, 4) is 0 Å².